The van der Waals surface area contributed by atoms with E-state index in [1.54, 1.807) is 18.2 Å². The summed E-state index contributed by atoms with van der Waals surface area (Å²) in [5.74, 6) is -1.72. The first-order chi connectivity index (χ1) is 10.8. The van der Waals surface area contributed by atoms with Crippen molar-refractivity contribution >= 4 is 11.6 Å². The van der Waals surface area contributed by atoms with Gasteiger partial charge < -0.3 is 4.74 Å². The van der Waals surface area contributed by atoms with Crippen LogP contribution in [0, 0.1) is 0 Å². The van der Waals surface area contributed by atoms with E-state index in [2.05, 4.69) is 0 Å². The molecule has 0 atom stereocenters. The highest BCUT2D eigenvalue weighted by molar-refractivity contribution is 6.01. The van der Waals surface area contributed by atoms with Crippen LogP contribution in [0.25, 0.3) is 0 Å². The number of alkyl halides is 3. The summed E-state index contributed by atoms with van der Waals surface area (Å²) in [7, 11) is 0. The predicted octanol–water partition coefficient (Wildman–Crippen LogP) is 4.21. The van der Waals surface area contributed by atoms with Gasteiger partial charge in [0.1, 0.15) is 12.4 Å². The van der Waals surface area contributed by atoms with Crippen LogP contribution >= 0.6 is 0 Å². The summed E-state index contributed by atoms with van der Waals surface area (Å²) in [5.41, 5.74) is 0.118. The smallest absolute Gasteiger partial charge is 0.454 e. The van der Waals surface area contributed by atoms with Gasteiger partial charge in [-0.2, -0.15) is 13.2 Å². The second kappa shape index (κ2) is 6.64. The molecule has 0 N–H and O–H groups in total. The van der Waals surface area contributed by atoms with Crippen molar-refractivity contribution < 1.29 is 27.5 Å². The van der Waals surface area contributed by atoms with E-state index in [-0.39, 0.29) is 18.0 Å². The van der Waals surface area contributed by atoms with Gasteiger partial charge in [0.2, 0.25) is 0 Å². The van der Waals surface area contributed by atoms with Gasteiger partial charge in [0, 0.05) is 16.7 Å². The Balaban J connectivity index is 2.20. The summed E-state index contributed by atoms with van der Waals surface area (Å²) in [6, 6.07) is 11.7. The van der Waals surface area contributed by atoms with Gasteiger partial charge >= 0.3 is 6.18 Å². The Bertz CT molecular complexity index is 736. The van der Waals surface area contributed by atoms with Crippen molar-refractivity contribution in [2.45, 2.75) is 19.7 Å². The third kappa shape index (κ3) is 4.18. The van der Waals surface area contributed by atoms with Crippen molar-refractivity contribution in [3.8, 4) is 5.75 Å². The maximum absolute atomic E-state index is 12.6. The van der Waals surface area contributed by atoms with E-state index in [4.69, 9.17) is 4.74 Å². The quantitative estimate of drug-likeness (QED) is 0.774. The number of carbonyl (C=O) groups excluding carboxylic acids is 2. The van der Waals surface area contributed by atoms with E-state index in [0.29, 0.717) is 11.3 Å². The summed E-state index contributed by atoms with van der Waals surface area (Å²) in [5, 5.41) is 0. The summed E-state index contributed by atoms with van der Waals surface area (Å²) >= 11 is 0. The lowest BCUT2D eigenvalue weighted by Crippen LogP contribution is -2.24. The van der Waals surface area contributed by atoms with Crippen molar-refractivity contribution in [1.29, 1.82) is 0 Å². The molecule has 0 aliphatic carbocycles. The van der Waals surface area contributed by atoms with E-state index in [1.165, 1.54) is 31.2 Å². The molecule has 120 valence electrons. The van der Waals surface area contributed by atoms with E-state index in [0.717, 1.165) is 6.07 Å². The van der Waals surface area contributed by atoms with Crippen LogP contribution in [0.5, 0.6) is 5.75 Å². The first-order valence-electron chi connectivity index (χ1n) is 6.72. The average Bonchev–Trinajstić information content (AvgIpc) is 2.52. The molecule has 2 rings (SSSR count). The number of carbonyl (C=O) groups is 2. The Kier molecular flexibility index (Phi) is 4.83. The standard InChI is InChI=1S/C17H13F3O3/c1-11(21)12-6-4-7-14(9-12)23-10-13-5-2-3-8-15(13)16(22)17(18,19)20/h2-9H,10H2,1H3. The lowest BCUT2D eigenvalue weighted by molar-refractivity contribution is -0.0886. The molecular formula is C17H13F3O3. The molecule has 0 aliphatic heterocycles. The van der Waals surface area contributed by atoms with E-state index in [1.807, 2.05) is 0 Å². The minimum atomic E-state index is -4.94. The van der Waals surface area contributed by atoms with Gasteiger partial charge in [-0.15, -0.1) is 0 Å². The number of ketones is 2. The fraction of sp³-hybridized carbons (Fsp3) is 0.176. The monoisotopic (exact) mass is 322 g/mol. The van der Waals surface area contributed by atoms with Crippen molar-refractivity contribution in [1.82, 2.24) is 0 Å². The number of halogens is 3. The Labute approximate surface area is 130 Å². The van der Waals surface area contributed by atoms with Crippen LogP contribution in [-0.4, -0.2) is 17.7 Å². The highest BCUT2D eigenvalue weighted by atomic mass is 19.4. The molecule has 0 heterocycles. The summed E-state index contributed by atoms with van der Waals surface area (Å²) in [4.78, 5) is 22.7. The van der Waals surface area contributed by atoms with Crippen LogP contribution in [0.1, 0.15) is 33.2 Å². The first-order valence-corrected chi connectivity index (χ1v) is 6.72. The van der Waals surface area contributed by atoms with Gasteiger partial charge in [-0.25, -0.2) is 0 Å². The molecule has 23 heavy (non-hydrogen) atoms. The molecule has 0 fully saturated rings. The number of hydrogen-bond acceptors (Lipinski definition) is 3. The zero-order chi connectivity index (χ0) is 17.0. The van der Waals surface area contributed by atoms with Crippen molar-refractivity contribution in [3.05, 3.63) is 65.2 Å². The SMILES string of the molecule is CC(=O)c1cccc(OCc2ccccc2C(=O)C(F)(F)F)c1. The second-order valence-electron chi connectivity index (χ2n) is 4.86. The fourth-order valence-corrected chi connectivity index (χ4v) is 1.99. The zero-order valence-electron chi connectivity index (χ0n) is 12.2. The molecule has 0 saturated heterocycles. The van der Waals surface area contributed by atoms with Crippen molar-refractivity contribution in [2.75, 3.05) is 0 Å². The molecule has 0 radical (unpaired) electrons. The molecule has 3 nitrogen and oxygen atoms in total. The molecule has 2 aromatic carbocycles. The molecule has 0 bridgehead atoms. The largest absolute Gasteiger partial charge is 0.489 e. The Morgan fingerprint density at radius 3 is 2.39 bits per heavy atom. The maximum Gasteiger partial charge on any atom is 0.454 e. The number of rotatable bonds is 5. The minimum Gasteiger partial charge on any atom is -0.489 e. The molecule has 0 amide bonds. The Morgan fingerprint density at radius 1 is 1.04 bits per heavy atom. The van der Waals surface area contributed by atoms with Crippen LogP contribution in [0.4, 0.5) is 13.2 Å². The van der Waals surface area contributed by atoms with E-state index >= 15 is 0 Å². The van der Waals surface area contributed by atoms with Gasteiger partial charge in [0.05, 0.1) is 0 Å². The van der Waals surface area contributed by atoms with Gasteiger partial charge in [0.25, 0.3) is 5.78 Å². The summed E-state index contributed by atoms with van der Waals surface area (Å²) in [6.07, 6.45) is -4.94. The van der Waals surface area contributed by atoms with Crippen LogP contribution in [0.3, 0.4) is 0 Å². The summed E-state index contributed by atoms with van der Waals surface area (Å²) in [6.45, 7) is 1.19. The van der Waals surface area contributed by atoms with E-state index in [9.17, 15) is 22.8 Å². The average molecular weight is 322 g/mol. The molecule has 0 saturated carbocycles. The van der Waals surface area contributed by atoms with Gasteiger partial charge in [0.15, 0.2) is 5.78 Å². The van der Waals surface area contributed by atoms with Gasteiger partial charge in [-0.05, 0) is 19.1 Å². The molecule has 0 spiro atoms. The molecule has 0 aliphatic rings. The number of benzene rings is 2. The number of Topliss-reactive ketones (excluding diaryl/α,β-unsaturated/α-hetero) is 2. The van der Waals surface area contributed by atoms with E-state index < -0.39 is 17.5 Å². The highest BCUT2D eigenvalue weighted by Gasteiger charge is 2.40. The number of hydrogen-bond donors (Lipinski definition) is 0. The lowest BCUT2D eigenvalue weighted by atomic mass is 10.0. The topological polar surface area (TPSA) is 43.4 Å². The third-order valence-electron chi connectivity index (χ3n) is 3.15. The fourth-order valence-electron chi connectivity index (χ4n) is 1.99. The van der Waals surface area contributed by atoms with Crippen LogP contribution in [0.15, 0.2) is 48.5 Å². The molecular weight excluding hydrogens is 309 g/mol. The third-order valence-corrected chi connectivity index (χ3v) is 3.15. The Hall–Kier alpha value is -2.63. The van der Waals surface area contributed by atoms with Gasteiger partial charge in [-0.1, -0.05) is 36.4 Å². The molecule has 0 aromatic heterocycles. The first kappa shape index (κ1) is 16.7. The lowest BCUT2D eigenvalue weighted by Gasteiger charge is -2.12. The predicted molar refractivity (Wildman–Crippen MR) is 77.6 cm³/mol. The van der Waals surface area contributed by atoms with Crippen LogP contribution in [-0.2, 0) is 6.61 Å². The summed E-state index contributed by atoms with van der Waals surface area (Å²) < 4.78 is 43.2. The molecule has 6 heteroatoms. The Morgan fingerprint density at radius 2 is 1.74 bits per heavy atom. The van der Waals surface area contributed by atoms with Gasteiger partial charge in [-0.3, -0.25) is 9.59 Å². The second-order valence-corrected chi connectivity index (χ2v) is 4.86. The van der Waals surface area contributed by atoms with Crippen LogP contribution < -0.4 is 4.74 Å². The van der Waals surface area contributed by atoms with Crippen molar-refractivity contribution in [3.63, 3.8) is 0 Å². The zero-order valence-corrected chi connectivity index (χ0v) is 12.2. The van der Waals surface area contributed by atoms with Crippen LogP contribution in [0.2, 0.25) is 0 Å². The number of ether oxygens (including phenoxy) is 1. The molecule has 2 aromatic rings. The maximum atomic E-state index is 12.6. The normalized spacial score (nSPS) is 11.1. The minimum absolute atomic E-state index is 0.128. The van der Waals surface area contributed by atoms with Crippen molar-refractivity contribution in [2.24, 2.45) is 0 Å². The highest BCUT2D eigenvalue weighted by Crippen LogP contribution is 2.24. The molecule has 0 unspecified atom stereocenters.